The first-order chi connectivity index (χ1) is 7.75. The molecule has 0 aliphatic heterocycles. The van der Waals surface area contributed by atoms with Gasteiger partial charge in [0, 0.05) is 37.6 Å². The van der Waals surface area contributed by atoms with Gasteiger partial charge in [-0.05, 0) is 25.1 Å². The van der Waals surface area contributed by atoms with E-state index in [4.69, 9.17) is 0 Å². The van der Waals surface area contributed by atoms with E-state index in [1.807, 2.05) is 49.1 Å². The molecular weight excluding hydrogens is 200 g/mol. The molecule has 0 aliphatic rings. The summed E-state index contributed by atoms with van der Waals surface area (Å²) < 4.78 is 1.89. The molecule has 16 heavy (non-hydrogen) atoms. The van der Waals surface area contributed by atoms with Crippen molar-refractivity contribution >= 4 is 5.82 Å². The maximum Gasteiger partial charge on any atom is 0.126 e. The van der Waals surface area contributed by atoms with Crippen LogP contribution in [-0.2, 0) is 13.5 Å². The number of aromatic nitrogens is 3. The molecule has 0 bridgehead atoms. The van der Waals surface area contributed by atoms with E-state index in [1.165, 1.54) is 5.69 Å². The maximum atomic E-state index is 4.38. The summed E-state index contributed by atoms with van der Waals surface area (Å²) in [5, 5.41) is 7.43. The molecule has 2 aromatic heterocycles. The number of pyridine rings is 1. The number of aryl methyl sites for hydroxylation is 2. The van der Waals surface area contributed by atoms with Gasteiger partial charge in [0.2, 0.25) is 0 Å². The average molecular weight is 216 g/mol. The number of anilines is 1. The predicted molar refractivity (Wildman–Crippen MR) is 64.4 cm³/mol. The SMILES string of the molecule is Cc1cccc(NCCc2ccnn2C)n1. The smallest absolute Gasteiger partial charge is 0.126 e. The van der Waals surface area contributed by atoms with Crippen LogP contribution in [0.1, 0.15) is 11.4 Å². The minimum absolute atomic E-state index is 0.871. The van der Waals surface area contributed by atoms with Gasteiger partial charge in [-0.25, -0.2) is 4.98 Å². The zero-order valence-corrected chi connectivity index (χ0v) is 9.64. The van der Waals surface area contributed by atoms with Crippen molar-refractivity contribution in [3.05, 3.63) is 41.9 Å². The number of rotatable bonds is 4. The van der Waals surface area contributed by atoms with Gasteiger partial charge in [-0.1, -0.05) is 6.07 Å². The van der Waals surface area contributed by atoms with E-state index in [-0.39, 0.29) is 0 Å². The summed E-state index contributed by atoms with van der Waals surface area (Å²) in [5.41, 5.74) is 2.26. The van der Waals surface area contributed by atoms with Crippen LogP contribution in [0.5, 0.6) is 0 Å². The van der Waals surface area contributed by atoms with Gasteiger partial charge in [-0.15, -0.1) is 0 Å². The zero-order valence-electron chi connectivity index (χ0n) is 9.64. The van der Waals surface area contributed by atoms with Crippen LogP contribution in [0.15, 0.2) is 30.5 Å². The van der Waals surface area contributed by atoms with Crippen molar-refractivity contribution in [2.45, 2.75) is 13.3 Å². The quantitative estimate of drug-likeness (QED) is 0.847. The highest BCUT2D eigenvalue weighted by molar-refractivity contribution is 5.35. The van der Waals surface area contributed by atoms with E-state index in [1.54, 1.807) is 0 Å². The Balaban J connectivity index is 1.87. The van der Waals surface area contributed by atoms with Crippen LogP contribution in [0.4, 0.5) is 5.82 Å². The molecule has 0 atom stereocenters. The molecule has 0 fully saturated rings. The highest BCUT2D eigenvalue weighted by Crippen LogP contribution is 2.04. The van der Waals surface area contributed by atoms with Gasteiger partial charge in [0.15, 0.2) is 0 Å². The lowest BCUT2D eigenvalue weighted by molar-refractivity contribution is 0.711. The van der Waals surface area contributed by atoms with Crippen LogP contribution in [0, 0.1) is 6.92 Å². The lowest BCUT2D eigenvalue weighted by Gasteiger charge is -2.06. The molecule has 2 aromatic rings. The summed E-state index contributed by atoms with van der Waals surface area (Å²) in [4.78, 5) is 4.38. The molecule has 1 N–H and O–H groups in total. The third-order valence-corrected chi connectivity index (χ3v) is 2.50. The van der Waals surface area contributed by atoms with E-state index in [9.17, 15) is 0 Å². The third kappa shape index (κ3) is 2.59. The van der Waals surface area contributed by atoms with Gasteiger partial charge >= 0.3 is 0 Å². The number of nitrogens with zero attached hydrogens (tertiary/aromatic N) is 3. The lowest BCUT2D eigenvalue weighted by atomic mass is 10.3. The Bertz CT molecular complexity index is 462. The highest BCUT2D eigenvalue weighted by Gasteiger charge is 1.98. The van der Waals surface area contributed by atoms with Crippen LogP contribution >= 0.6 is 0 Å². The predicted octanol–water partition coefficient (Wildman–Crippen LogP) is 1.78. The molecule has 0 aliphatic carbocycles. The Hall–Kier alpha value is -1.84. The van der Waals surface area contributed by atoms with Crippen molar-refractivity contribution in [1.82, 2.24) is 14.8 Å². The molecule has 84 valence electrons. The largest absolute Gasteiger partial charge is 0.370 e. The minimum Gasteiger partial charge on any atom is -0.370 e. The monoisotopic (exact) mass is 216 g/mol. The molecule has 0 radical (unpaired) electrons. The second-order valence-electron chi connectivity index (χ2n) is 3.79. The van der Waals surface area contributed by atoms with Gasteiger partial charge in [0.05, 0.1) is 0 Å². The minimum atomic E-state index is 0.871. The average Bonchev–Trinajstić information content (AvgIpc) is 2.65. The van der Waals surface area contributed by atoms with E-state index in [2.05, 4.69) is 15.4 Å². The van der Waals surface area contributed by atoms with Crippen LogP contribution < -0.4 is 5.32 Å². The van der Waals surface area contributed by atoms with Crippen LogP contribution in [-0.4, -0.2) is 21.3 Å². The molecule has 0 amide bonds. The Morgan fingerprint density at radius 2 is 2.19 bits per heavy atom. The number of nitrogens with one attached hydrogen (secondary N) is 1. The molecule has 0 spiro atoms. The van der Waals surface area contributed by atoms with Crippen molar-refractivity contribution in [3.63, 3.8) is 0 Å². The van der Waals surface area contributed by atoms with Gasteiger partial charge in [0.1, 0.15) is 5.82 Å². The number of hydrogen-bond acceptors (Lipinski definition) is 3. The van der Waals surface area contributed by atoms with E-state index in [0.717, 1.165) is 24.5 Å². The normalized spacial score (nSPS) is 10.4. The van der Waals surface area contributed by atoms with Gasteiger partial charge in [-0.2, -0.15) is 5.10 Å². The maximum absolute atomic E-state index is 4.38. The van der Waals surface area contributed by atoms with Crippen molar-refractivity contribution in [2.75, 3.05) is 11.9 Å². The first-order valence-electron chi connectivity index (χ1n) is 5.40. The molecule has 0 unspecified atom stereocenters. The molecule has 2 heterocycles. The lowest BCUT2D eigenvalue weighted by Crippen LogP contribution is -2.09. The van der Waals surface area contributed by atoms with Crippen molar-refractivity contribution < 1.29 is 0 Å². The first kappa shape index (κ1) is 10.7. The van der Waals surface area contributed by atoms with Gasteiger partial charge in [0.25, 0.3) is 0 Å². The topological polar surface area (TPSA) is 42.7 Å². The zero-order chi connectivity index (χ0) is 11.4. The fraction of sp³-hybridized carbons (Fsp3) is 0.333. The Morgan fingerprint density at radius 3 is 2.88 bits per heavy atom. The standard InChI is InChI=1S/C12H16N4/c1-10-4-3-5-12(15-10)13-8-6-11-7-9-14-16(11)2/h3-5,7,9H,6,8H2,1-2H3,(H,13,15). The Kier molecular flexibility index (Phi) is 3.19. The number of hydrogen-bond donors (Lipinski definition) is 1. The van der Waals surface area contributed by atoms with E-state index in [0.29, 0.717) is 0 Å². The highest BCUT2D eigenvalue weighted by atomic mass is 15.3. The Labute approximate surface area is 95.3 Å². The second kappa shape index (κ2) is 4.79. The fourth-order valence-electron chi connectivity index (χ4n) is 1.61. The van der Waals surface area contributed by atoms with Crippen molar-refractivity contribution in [1.29, 1.82) is 0 Å². The fourth-order valence-corrected chi connectivity index (χ4v) is 1.61. The van der Waals surface area contributed by atoms with Crippen molar-refractivity contribution in [2.24, 2.45) is 7.05 Å². The molecule has 0 saturated carbocycles. The summed E-state index contributed by atoms with van der Waals surface area (Å²) in [7, 11) is 1.96. The van der Waals surface area contributed by atoms with Crippen LogP contribution in [0.25, 0.3) is 0 Å². The second-order valence-corrected chi connectivity index (χ2v) is 3.79. The van der Waals surface area contributed by atoms with Gasteiger partial charge < -0.3 is 5.32 Å². The molecule has 4 heteroatoms. The van der Waals surface area contributed by atoms with Crippen LogP contribution in [0.2, 0.25) is 0 Å². The van der Waals surface area contributed by atoms with Crippen LogP contribution in [0.3, 0.4) is 0 Å². The van der Waals surface area contributed by atoms with E-state index < -0.39 is 0 Å². The molecule has 0 saturated heterocycles. The third-order valence-electron chi connectivity index (χ3n) is 2.50. The first-order valence-corrected chi connectivity index (χ1v) is 5.40. The summed E-state index contributed by atoms with van der Waals surface area (Å²) >= 11 is 0. The summed E-state index contributed by atoms with van der Waals surface area (Å²) in [6, 6.07) is 8.02. The molecule has 4 nitrogen and oxygen atoms in total. The molecule has 2 rings (SSSR count). The molecule has 0 aromatic carbocycles. The summed E-state index contributed by atoms with van der Waals surface area (Å²) in [6.07, 6.45) is 2.77. The molecular formula is C12H16N4. The van der Waals surface area contributed by atoms with Gasteiger partial charge in [-0.3, -0.25) is 4.68 Å². The van der Waals surface area contributed by atoms with E-state index >= 15 is 0 Å². The Morgan fingerprint density at radius 1 is 1.31 bits per heavy atom. The summed E-state index contributed by atoms with van der Waals surface area (Å²) in [6.45, 7) is 2.86. The summed E-state index contributed by atoms with van der Waals surface area (Å²) in [5.74, 6) is 0.933. The van der Waals surface area contributed by atoms with Crippen molar-refractivity contribution in [3.8, 4) is 0 Å².